The molecule has 0 spiro atoms. The fourth-order valence-electron chi connectivity index (χ4n) is 2.10. The van der Waals surface area contributed by atoms with Gasteiger partial charge in [-0.15, -0.1) is 0 Å². The molecule has 2 aromatic rings. The van der Waals surface area contributed by atoms with Crippen LogP contribution in [0.25, 0.3) is 0 Å². The van der Waals surface area contributed by atoms with Gasteiger partial charge in [0.05, 0.1) is 6.04 Å². The molecule has 90 valence electrons. The van der Waals surface area contributed by atoms with Crippen LogP contribution >= 0.6 is 11.3 Å². The zero-order valence-electron chi connectivity index (χ0n) is 10.0. The van der Waals surface area contributed by atoms with E-state index in [4.69, 9.17) is 5.84 Å². The fraction of sp³-hybridized carbons (Fsp3) is 0.286. The molecule has 0 bridgehead atoms. The van der Waals surface area contributed by atoms with Gasteiger partial charge >= 0.3 is 0 Å². The van der Waals surface area contributed by atoms with E-state index in [9.17, 15) is 0 Å². The molecule has 1 aromatic heterocycles. The van der Waals surface area contributed by atoms with Crippen molar-refractivity contribution in [2.75, 3.05) is 0 Å². The van der Waals surface area contributed by atoms with Crippen molar-refractivity contribution in [3.63, 3.8) is 0 Å². The fourth-order valence-corrected chi connectivity index (χ4v) is 2.78. The highest BCUT2D eigenvalue weighted by molar-refractivity contribution is 7.07. The summed E-state index contributed by atoms with van der Waals surface area (Å²) in [5.41, 5.74) is 6.95. The summed E-state index contributed by atoms with van der Waals surface area (Å²) >= 11 is 1.73. The second-order valence-corrected chi connectivity index (χ2v) is 4.89. The van der Waals surface area contributed by atoms with Crippen molar-refractivity contribution < 1.29 is 0 Å². The Labute approximate surface area is 106 Å². The van der Waals surface area contributed by atoms with Crippen molar-refractivity contribution in [2.45, 2.75) is 25.8 Å². The molecule has 0 aliphatic rings. The third-order valence-electron chi connectivity index (χ3n) is 3.03. The molecule has 0 amide bonds. The van der Waals surface area contributed by atoms with Gasteiger partial charge in [0.25, 0.3) is 0 Å². The summed E-state index contributed by atoms with van der Waals surface area (Å²) in [6, 6.07) is 10.8. The van der Waals surface area contributed by atoms with Crippen molar-refractivity contribution in [1.82, 2.24) is 5.43 Å². The van der Waals surface area contributed by atoms with E-state index in [1.165, 1.54) is 16.7 Å². The number of nitrogens with two attached hydrogens (primary N) is 1. The predicted molar refractivity (Wildman–Crippen MR) is 73.9 cm³/mol. The quantitative estimate of drug-likeness (QED) is 0.628. The van der Waals surface area contributed by atoms with Gasteiger partial charge in [-0.2, -0.15) is 11.3 Å². The first-order valence-corrected chi connectivity index (χ1v) is 6.84. The van der Waals surface area contributed by atoms with Crippen LogP contribution in [0.4, 0.5) is 0 Å². The number of nitrogens with one attached hydrogen (secondary N) is 1. The third-order valence-corrected chi connectivity index (χ3v) is 3.76. The third kappa shape index (κ3) is 2.94. The Morgan fingerprint density at radius 3 is 2.76 bits per heavy atom. The zero-order chi connectivity index (χ0) is 12.1. The van der Waals surface area contributed by atoms with Crippen LogP contribution in [0, 0.1) is 0 Å². The molecule has 0 aliphatic heterocycles. The molecule has 1 unspecified atom stereocenters. The Morgan fingerprint density at radius 1 is 1.29 bits per heavy atom. The second-order valence-electron chi connectivity index (χ2n) is 4.11. The average Bonchev–Trinajstić information content (AvgIpc) is 2.89. The largest absolute Gasteiger partial charge is 0.271 e. The van der Waals surface area contributed by atoms with Crippen LogP contribution in [0.15, 0.2) is 41.1 Å². The topological polar surface area (TPSA) is 38.0 Å². The Balaban J connectivity index is 2.22. The Bertz CT molecular complexity index is 451. The number of hydrogen-bond donors (Lipinski definition) is 2. The highest BCUT2D eigenvalue weighted by Gasteiger charge is 2.13. The van der Waals surface area contributed by atoms with E-state index in [-0.39, 0.29) is 6.04 Å². The van der Waals surface area contributed by atoms with Crippen molar-refractivity contribution in [1.29, 1.82) is 0 Å². The molecule has 3 N–H and O–H groups in total. The summed E-state index contributed by atoms with van der Waals surface area (Å²) in [6.07, 6.45) is 1.98. The Morgan fingerprint density at radius 2 is 2.12 bits per heavy atom. The van der Waals surface area contributed by atoms with E-state index in [1.54, 1.807) is 11.3 Å². The van der Waals surface area contributed by atoms with Gasteiger partial charge in [0.15, 0.2) is 0 Å². The van der Waals surface area contributed by atoms with E-state index in [0.717, 1.165) is 12.8 Å². The molecule has 0 radical (unpaired) electrons. The van der Waals surface area contributed by atoms with Crippen molar-refractivity contribution in [2.24, 2.45) is 5.84 Å². The summed E-state index contributed by atoms with van der Waals surface area (Å²) in [6.45, 7) is 2.18. The Kier molecular flexibility index (Phi) is 4.31. The van der Waals surface area contributed by atoms with Gasteiger partial charge in [0, 0.05) is 0 Å². The van der Waals surface area contributed by atoms with Crippen molar-refractivity contribution >= 4 is 11.3 Å². The monoisotopic (exact) mass is 246 g/mol. The number of benzene rings is 1. The van der Waals surface area contributed by atoms with Crippen LogP contribution in [0.3, 0.4) is 0 Å². The maximum atomic E-state index is 5.70. The van der Waals surface area contributed by atoms with Gasteiger partial charge in [-0.1, -0.05) is 31.2 Å². The molecular formula is C14H18N2S. The van der Waals surface area contributed by atoms with Gasteiger partial charge in [0.2, 0.25) is 0 Å². The van der Waals surface area contributed by atoms with Crippen LogP contribution in [0.2, 0.25) is 0 Å². The number of rotatable bonds is 5. The number of thiophene rings is 1. The first kappa shape index (κ1) is 12.3. The van der Waals surface area contributed by atoms with Crippen LogP contribution in [-0.2, 0) is 12.8 Å². The summed E-state index contributed by atoms with van der Waals surface area (Å²) in [4.78, 5) is 0. The number of hydrogen-bond acceptors (Lipinski definition) is 3. The van der Waals surface area contributed by atoms with E-state index in [1.807, 2.05) is 0 Å². The molecule has 2 rings (SSSR count). The van der Waals surface area contributed by atoms with Crippen LogP contribution < -0.4 is 11.3 Å². The SMILES string of the molecule is CCc1ccccc1C(Cc1ccsc1)NN. The lowest BCUT2D eigenvalue weighted by molar-refractivity contribution is 0.548. The van der Waals surface area contributed by atoms with Gasteiger partial charge in [-0.05, 0) is 46.4 Å². The van der Waals surface area contributed by atoms with Crippen molar-refractivity contribution in [3.05, 3.63) is 57.8 Å². The van der Waals surface area contributed by atoms with Gasteiger partial charge in [-0.3, -0.25) is 11.3 Å². The summed E-state index contributed by atoms with van der Waals surface area (Å²) < 4.78 is 0. The standard InChI is InChI=1S/C14H18N2S/c1-2-12-5-3-4-6-13(12)14(16-15)9-11-7-8-17-10-11/h3-8,10,14,16H,2,9,15H2,1H3. The lowest BCUT2D eigenvalue weighted by Crippen LogP contribution is -2.30. The summed E-state index contributed by atoms with van der Waals surface area (Å²) in [5, 5.41) is 4.29. The molecular weight excluding hydrogens is 228 g/mol. The van der Waals surface area contributed by atoms with E-state index >= 15 is 0 Å². The Hall–Kier alpha value is -1.16. The lowest BCUT2D eigenvalue weighted by Gasteiger charge is -2.18. The molecule has 1 heterocycles. The summed E-state index contributed by atoms with van der Waals surface area (Å²) in [5.74, 6) is 5.70. The molecule has 0 saturated carbocycles. The maximum Gasteiger partial charge on any atom is 0.0503 e. The molecule has 3 heteroatoms. The van der Waals surface area contributed by atoms with E-state index < -0.39 is 0 Å². The predicted octanol–water partition coefficient (Wildman–Crippen LogP) is 3.06. The minimum Gasteiger partial charge on any atom is -0.271 e. The normalized spacial score (nSPS) is 12.6. The second kappa shape index (κ2) is 5.96. The molecule has 0 fully saturated rings. The van der Waals surface area contributed by atoms with Gasteiger partial charge in [0.1, 0.15) is 0 Å². The maximum absolute atomic E-state index is 5.70. The smallest absolute Gasteiger partial charge is 0.0503 e. The minimum atomic E-state index is 0.195. The van der Waals surface area contributed by atoms with Gasteiger partial charge < -0.3 is 0 Å². The first-order valence-electron chi connectivity index (χ1n) is 5.90. The highest BCUT2D eigenvalue weighted by Crippen LogP contribution is 2.22. The molecule has 0 aliphatic carbocycles. The number of hydrazine groups is 1. The first-order chi connectivity index (χ1) is 8.35. The van der Waals surface area contributed by atoms with E-state index in [0.29, 0.717) is 0 Å². The van der Waals surface area contributed by atoms with Crippen LogP contribution in [0.5, 0.6) is 0 Å². The molecule has 17 heavy (non-hydrogen) atoms. The van der Waals surface area contributed by atoms with Gasteiger partial charge in [-0.25, -0.2) is 0 Å². The minimum absolute atomic E-state index is 0.195. The highest BCUT2D eigenvalue weighted by atomic mass is 32.1. The zero-order valence-corrected chi connectivity index (χ0v) is 10.8. The van der Waals surface area contributed by atoms with Crippen LogP contribution in [0.1, 0.15) is 29.7 Å². The van der Waals surface area contributed by atoms with Crippen molar-refractivity contribution in [3.8, 4) is 0 Å². The molecule has 1 aromatic carbocycles. The van der Waals surface area contributed by atoms with Crippen LogP contribution in [-0.4, -0.2) is 0 Å². The molecule has 0 saturated heterocycles. The number of aryl methyl sites for hydroxylation is 1. The average molecular weight is 246 g/mol. The summed E-state index contributed by atoms with van der Waals surface area (Å²) in [7, 11) is 0. The molecule has 1 atom stereocenters. The van der Waals surface area contributed by atoms with E-state index in [2.05, 4.69) is 53.4 Å². The molecule has 2 nitrogen and oxygen atoms in total. The lowest BCUT2D eigenvalue weighted by atomic mass is 9.95.